The molecule has 3 heterocycles. The first-order chi connectivity index (χ1) is 13.3. The molecule has 0 radical (unpaired) electrons. The molecular weight excluding hydrogens is 358 g/mol. The summed E-state index contributed by atoms with van der Waals surface area (Å²) in [5, 5.41) is 3.49. The van der Waals surface area contributed by atoms with Gasteiger partial charge in [0.05, 0.1) is 6.54 Å². The van der Waals surface area contributed by atoms with Crippen LogP contribution in [-0.4, -0.2) is 77.6 Å². The van der Waals surface area contributed by atoms with Gasteiger partial charge >= 0.3 is 6.03 Å². The molecule has 1 aromatic rings. The number of rotatable bonds is 3. The summed E-state index contributed by atoms with van der Waals surface area (Å²) in [5.74, 6) is -0.493. The van der Waals surface area contributed by atoms with Gasteiger partial charge in [-0.15, -0.1) is 0 Å². The number of imide groups is 1. The lowest BCUT2D eigenvalue weighted by Gasteiger charge is -2.44. The van der Waals surface area contributed by atoms with Crippen LogP contribution in [0.2, 0.25) is 0 Å². The largest absolute Gasteiger partial charge is 0.343 e. The monoisotopic (exact) mass is 385 g/mol. The van der Waals surface area contributed by atoms with Gasteiger partial charge in [0.2, 0.25) is 0 Å². The van der Waals surface area contributed by atoms with E-state index in [-0.39, 0.29) is 24.5 Å². The van der Waals surface area contributed by atoms with E-state index >= 15 is 0 Å². The fourth-order valence-corrected chi connectivity index (χ4v) is 4.66. The third-order valence-electron chi connectivity index (χ3n) is 5.91. The Bertz CT molecular complexity index is 841. The molecule has 3 amide bonds. The molecule has 8 nitrogen and oxygen atoms in total. The summed E-state index contributed by atoms with van der Waals surface area (Å²) in [4.78, 5) is 44.4. The average molecular weight is 385 g/mol. The summed E-state index contributed by atoms with van der Waals surface area (Å²) >= 11 is 0. The molecule has 3 fully saturated rings. The number of carbonyl (C=O) groups excluding carboxylic acids is 3. The zero-order valence-electron chi connectivity index (χ0n) is 16.8. The summed E-state index contributed by atoms with van der Waals surface area (Å²) in [7, 11) is 1.69. The second kappa shape index (κ2) is 6.86. The maximum absolute atomic E-state index is 13.1. The number of amides is 3. The highest BCUT2D eigenvalue weighted by molar-refractivity contribution is 6.03. The summed E-state index contributed by atoms with van der Waals surface area (Å²) in [5.41, 5.74) is 3.53. The Hall–Kier alpha value is -2.45. The number of nitrogens with one attached hydrogen (secondary N) is 1. The number of fused-ring (bicyclic) bond motifs is 3. The van der Waals surface area contributed by atoms with Gasteiger partial charge < -0.3 is 9.80 Å². The predicted molar refractivity (Wildman–Crippen MR) is 105 cm³/mol. The molecule has 0 saturated carbocycles. The van der Waals surface area contributed by atoms with Crippen molar-refractivity contribution in [3.63, 3.8) is 0 Å². The van der Waals surface area contributed by atoms with Crippen molar-refractivity contribution in [3.05, 3.63) is 29.3 Å². The van der Waals surface area contributed by atoms with Crippen molar-refractivity contribution in [2.45, 2.75) is 45.7 Å². The van der Waals surface area contributed by atoms with E-state index in [4.69, 9.17) is 0 Å². The number of ketones is 1. The van der Waals surface area contributed by atoms with Gasteiger partial charge in [-0.2, -0.15) is 0 Å². The van der Waals surface area contributed by atoms with Crippen molar-refractivity contribution in [2.75, 3.05) is 31.6 Å². The first-order valence-corrected chi connectivity index (χ1v) is 9.73. The number of nitrogens with zero attached hydrogens (tertiary/aromatic N) is 4. The molecular formula is C20H27N5O3. The zero-order valence-corrected chi connectivity index (χ0v) is 16.8. The van der Waals surface area contributed by atoms with Gasteiger partial charge in [0.15, 0.2) is 0 Å². The van der Waals surface area contributed by atoms with Crippen molar-refractivity contribution in [3.8, 4) is 0 Å². The molecule has 3 saturated heterocycles. The summed E-state index contributed by atoms with van der Waals surface area (Å²) in [6.45, 7) is 7.03. The van der Waals surface area contributed by atoms with Gasteiger partial charge in [0.25, 0.3) is 5.91 Å². The minimum absolute atomic E-state index is 0.165. The molecule has 0 spiro atoms. The first-order valence-electron chi connectivity index (χ1n) is 9.73. The van der Waals surface area contributed by atoms with E-state index in [0.717, 1.165) is 30.1 Å². The lowest BCUT2D eigenvalue weighted by molar-refractivity contribution is -0.141. The summed E-state index contributed by atoms with van der Waals surface area (Å²) in [6.07, 6.45) is 0.355. The highest BCUT2D eigenvalue weighted by atomic mass is 16.2. The number of urea groups is 1. The number of carbonyl (C=O) groups is 3. The summed E-state index contributed by atoms with van der Waals surface area (Å²) in [6, 6.07) is 5.47. The lowest BCUT2D eigenvalue weighted by atomic mass is 10.1. The van der Waals surface area contributed by atoms with Crippen LogP contribution in [-0.2, 0) is 9.59 Å². The van der Waals surface area contributed by atoms with Crippen LogP contribution < -0.4 is 10.2 Å². The fourth-order valence-electron chi connectivity index (χ4n) is 4.66. The van der Waals surface area contributed by atoms with Crippen LogP contribution in [0.1, 0.15) is 24.5 Å². The maximum atomic E-state index is 13.1. The molecule has 1 N–H and O–H groups in total. The van der Waals surface area contributed by atoms with Crippen LogP contribution in [0, 0.1) is 13.8 Å². The lowest BCUT2D eigenvalue weighted by Crippen LogP contribution is -2.66. The molecule has 1 aromatic carbocycles. The molecule has 0 aromatic heterocycles. The normalized spacial score (nSPS) is 27.9. The van der Waals surface area contributed by atoms with Gasteiger partial charge in [0, 0.05) is 25.8 Å². The van der Waals surface area contributed by atoms with Crippen LogP contribution in [0.25, 0.3) is 0 Å². The Morgan fingerprint density at radius 3 is 2.64 bits per heavy atom. The Kier molecular flexibility index (Phi) is 4.63. The number of likely N-dealkylation sites (N-methyl/N-ethyl adjacent to an activating group) is 1. The molecule has 4 rings (SSSR count). The number of Topliss-reactive ketones (excluding diaryl/α,β-unsaturated/α-hetero) is 1. The molecule has 28 heavy (non-hydrogen) atoms. The molecule has 8 heteroatoms. The maximum Gasteiger partial charge on any atom is 0.328 e. The van der Waals surface area contributed by atoms with E-state index in [9.17, 15) is 14.4 Å². The standard InChI is InChI=1S/C20H27N5O3/c1-12-6-7-15(13(2)10-12)23-8-5-9-24-16-17(21-19(23)24)22(4)20(28)25(18(16)27)11-14(3)26/h6-7,10,16-17,19,21H,5,8-9,11H2,1-4H3. The van der Waals surface area contributed by atoms with Gasteiger partial charge in [-0.3, -0.25) is 24.7 Å². The molecule has 3 aliphatic rings. The molecule has 0 bridgehead atoms. The number of benzene rings is 1. The average Bonchev–Trinajstić information content (AvgIpc) is 3.03. The van der Waals surface area contributed by atoms with E-state index in [1.165, 1.54) is 18.1 Å². The topological polar surface area (TPSA) is 76.2 Å². The molecule has 3 unspecified atom stereocenters. The second-order valence-electron chi connectivity index (χ2n) is 8.02. The van der Waals surface area contributed by atoms with Crippen molar-refractivity contribution in [1.82, 2.24) is 20.0 Å². The minimum Gasteiger partial charge on any atom is -0.343 e. The fraction of sp³-hybridized carbons (Fsp3) is 0.550. The Balaban J connectivity index is 1.67. The van der Waals surface area contributed by atoms with Gasteiger partial charge in [0.1, 0.15) is 24.3 Å². The van der Waals surface area contributed by atoms with Crippen molar-refractivity contribution in [1.29, 1.82) is 0 Å². The predicted octanol–water partition coefficient (Wildman–Crippen LogP) is 0.880. The van der Waals surface area contributed by atoms with Gasteiger partial charge in [-0.05, 0) is 38.8 Å². The molecule has 0 aliphatic carbocycles. The van der Waals surface area contributed by atoms with Gasteiger partial charge in [-0.1, -0.05) is 17.7 Å². The third kappa shape index (κ3) is 2.87. The number of hydrogen-bond donors (Lipinski definition) is 1. The number of anilines is 1. The quantitative estimate of drug-likeness (QED) is 0.833. The van der Waals surface area contributed by atoms with E-state index in [2.05, 4.69) is 47.2 Å². The molecule has 3 aliphatic heterocycles. The van der Waals surface area contributed by atoms with E-state index < -0.39 is 18.2 Å². The van der Waals surface area contributed by atoms with Crippen molar-refractivity contribution < 1.29 is 14.4 Å². The van der Waals surface area contributed by atoms with Crippen LogP contribution >= 0.6 is 0 Å². The molecule has 3 atom stereocenters. The SMILES string of the molecule is CC(=O)CN1C(=O)C2C(NC3N(c4ccc(C)cc4C)CCCN23)N(C)C1=O. The Labute approximate surface area is 165 Å². The number of aryl methyl sites for hydroxylation is 2. The van der Waals surface area contributed by atoms with Crippen LogP contribution in [0.3, 0.4) is 0 Å². The Morgan fingerprint density at radius 1 is 1.21 bits per heavy atom. The minimum atomic E-state index is -0.486. The highest BCUT2D eigenvalue weighted by Gasteiger charge is 2.56. The molecule has 150 valence electrons. The Morgan fingerprint density at radius 2 is 1.96 bits per heavy atom. The number of hydrogen-bond acceptors (Lipinski definition) is 6. The highest BCUT2D eigenvalue weighted by Crippen LogP contribution is 2.34. The smallest absolute Gasteiger partial charge is 0.328 e. The van der Waals surface area contributed by atoms with E-state index in [1.807, 2.05) is 0 Å². The third-order valence-corrected chi connectivity index (χ3v) is 5.91. The van der Waals surface area contributed by atoms with Crippen LogP contribution in [0.15, 0.2) is 18.2 Å². The zero-order chi connectivity index (χ0) is 20.2. The van der Waals surface area contributed by atoms with Gasteiger partial charge in [-0.25, -0.2) is 4.79 Å². The second-order valence-corrected chi connectivity index (χ2v) is 8.02. The first kappa shape index (κ1) is 18.9. The van der Waals surface area contributed by atoms with Crippen LogP contribution in [0.4, 0.5) is 10.5 Å². The van der Waals surface area contributed by atoms with Crippen molar-refractivity contribution >= 4 is 23.4 Å². The van der Waals surface area contributed by atoms with E-state index in [0.29, 0.717) is 0 Å². The van der Waals surface area contributed by atoms with Crippen LogP contribution in [0.5, 0.6) is 0 Å². The van der Waals surface area contributed by atoms with Crippen molar-refractivity contribution in [2.24, 2.45) is 0 Å². The summed E-state index contributed by atoms with van der Waals surface area (Å²) < 4.78 is 0. The van der Waals surface area contributed by atoms with E-state index in [1.54, 1.807) is 11.9 Å².